The van der Waals surface area contributed by atoms with E-state index in [4.69, 9.17) is 4.74 Å². The third-order valence-electron chi connectivity index (χ3n) is 2.77. The van der Waals surface area contributed by atoms with Gasteiger partial charge in [-0.15, -0.1) is 11.8 Å². The van der Waals surface area contributed by atoms with Gasteiger partial charge in [0, 0.05) is 27.9 Å². The number of rotatable bonds is 5. The minimum absolute atomic E-state index is 0.239. The number of thioether (sulfide) groups is 1. The number of hydrogen-bond acceptors (Lipinski definition) is 4. The third kappa shape index (κ3) is 3.94. The minimum Gasteiger partial charge on any atom is -0.481 e. The van der Waals surface area contributed by atoms with Gasteiger partial charge in [-0.2, -0.15) is 0 Å². The van der Waals surface area contributed by atoms with Crippen LogP contribution in [0.25, 0.3) is 0 Å². The molecule has 1 aromatic carbocycles. The zero-order valence-corrected chi connectivity index (χ0v) is 13.2. The van der Waals surface area contributed by atoms with E-state index >= 15 is 0 Å². The molecule has 0 fully saturated rings. The van der Waals surface area contributed by atoms with Crippen LogP contribution in [0.2, 0.25) is 0 Å². The normalized spacial score (nSPS) is 12.2. The van der Waals surface area contributed by atoms with Crippen LogP contribution < -0.4 is 4.74 Å². The Morgan fingerprint density at radius 3 is 2.63 bits per heavy atom. The molecular formula is C14H15BrN2OS. The van der Waals surface area contributed by atoms with E-state index in [9.17, 15) is 0 Å². The summed E-state index contributed by atoms with van der Waals surface area (Å²) in [6.07, 6.45) is 4.41. The second-order valence-electron chi connectivity index (χ2n) is 4.00. The molecule has 0 aliphatic heterocycles. The highest BCUT2D eigenvalue weighted by Gasteiger charge is 2.10. The van der Waals surface area contributed by atoms with Crippen molar-refractivity contribution in [2.75, 3.05) is 13.4 Å². The van der Waals surface area contributed by atoms with E-state index in [0.717, 1.165) is 12.1 Å². The molecule has 2 aromatic rings. The topological polar surface area (TPSA) is 35.0 Å². The summed E-state index contributed by atoms with van der Waals surface area (Å²) in [6, 6.07) is 10.4. The molecule has 100 valence electrons. The van der Waals surface area contributed by atoms with Gasteiger partial charge in [0.15, 0.2) is 0 Å². The molecular weight excluding hydrogens is 324 g/mol. The van der Waals surface area contributed by atoms with Gasteiger partial charge in [-0.25, -0.2) is 9.97 Å². The Kier molecular flexibility index (Phi) is 5.22. The van der Waals surface area contributed by atoms with E-state index in [1.807, 2.05) is 6.07 Å². The third-order valence-corrected chi connectivity index (χ3v) is 4.37. The maximum atomic E-state index is 5.10. The number of aromatic nitrogens is 2. The fourth-order valence-corrected chi connectivity index (χ4v) is 2.76. The number of methoxy groups -OCH3 is 1. The molecule has 19 heavy (non-hydrogen) atoms. The van der Waals surface area contributed by atoms with Crippen LogP contribution in [0.5, 0.6) is 5.88 Å². The summed E-state index contributed by atoms with van der Waals surface area (Å²) in [6.45, 7) is 0. The van der Waals surface area contributed by atoms with E-state index in [-0.39, 0.29) is 4.83 Å². The molecule has 1 unspecified atom stereocenters. The molecule has 0 radical (unpaired) electrons. The standard InChI is InChI=1S/C14H15BrN2OS/c1-18-14-8-11(16-9-17-14)7-13(15)10-3-5-12(19-2)6-4-10/h3-6,8-9,13H,7H2,1-2H3. The van der Waals surface area contributed by atoms with E-state index < -0.39 is 0 Å². The van der Waals surface area contributed by atoms with Crippen molar-refractivity contribution in [1.82, 2.24) is 9.97 Å². The first kappa shape index (κ1) is 14.3. The first-order chi connectivity index (χ1) is 9.22. The molecule has 2 rings (SSSR count). The van der Waals surface area contributed by atoms with Crippen LogP contribution in [0.1, 0.15) is 16.1 Å². The molecule has 0 aliphatic carbocycles. The van der Waals surface area contributed by atoms with Crippen molar-refractivity contribution in [2.24, 2.45) is 0 Å². The zero-order valence-electron chi connectivity index (χ0n) is 10.8. The SMILES string of the molecule is COc1cc(CC(Br)c2ccc(SC)cc2)ncn1. The van der Waals surface area contributed by atoms with Crippen molar-refractivity contribution >= 4 is 27.7 Å². The Morgan fingerprint density at radius 2 is 2.00 bits per heavy atom. The second-order valence-corrected chi connectivity index (χ2v) is 5.98. The van der Waals surface area contributed by atoms with Gasteiger partial charge in [-0.1, -0.05) is 28.1 Å². The molecule has 1 atom stereocenters. The van der Waals surface area contributed by atoms with E-state index in [0.29, 0.717) is 5.88 Å². The Bertz CT molecular complexity index is 533. The average Bonchev–Trinajstić information content (AvgIpc) is 2.47. The predicted octanol–water partition coefficient (Wildman–Crippen LogP) is 3.89. The smallest absolute Gasteiger partial charge is 0.216 e. The highest BCUT2D eigenvalue weighted by molar-refractivity contribution is 9.09. The van der Waals surface area contributed by atoms with E-state index in [1.54, 1.807) is 18.9 Å². The van der Waals surface area contributed by atoms with Crippen molar-refractivity contribution in [3.05, 3.63) is 47.9 Å². The summed E-state index contributed by atoms with van der Waals surface area (Å²) < 4.78 is 5.10. The van der Waals surface area contributed by atoms with Gasteiger partial charge in [-0.3, -0.25) is 0 Å². The van der Waals surface area contributed by atoms with Crippen molar-refractivity contribution in [2.45, 2.75) is 16.1 Å². The maximum Gasteiger partial charge on any atom is 0.216 e. The van der Waals surface area contributed by atoms with Gasteiger partial charge in [0.25, 0.3) is 0 Å². The number of alkyl halides is 1. The first-order valence-electron chi connectivity index (χ1n) is 5.86. The van der Waals surface area contributed by atoms with E-state index in [2.05, 4.69) is 56.4 Å². The lowest BCUT2D eigenvalue weighted by Crippen LogP contribution is -1.99. The van der Waals surface area contributed by atoms with Gasteiger partial charge >= 0.3 is 0 Å². The van der Waals surface area contributed by atoms with Gasteiger partial charge in [0.1, 0.15) is 6.33 Å². The van der Waals surface area contributed by atoms with Crippen molar-refractivity contribution < 1.29 is 4.74 Å². The monoisotopic (exact) mass is 338 g/mol. The highest BCUT2D eigenvalue weighted by atomic mass is 79.9. The van der Waals surface area contributed by atoms with Crippen LogP contribution in [-0.2, 0) is 6.42 Å². The molecule has 1 heterocycles. The summed E-state index contributed by atoms with van der Waals surface area (Å²) in [5, 5.41) is 0. The maximum absolute atomic E-state index is 5.10. The number of benzene rings is 1. The first-order valence-corrected chi connectivity index (χ1v) is 8.00. The second kappa shape index (κ2) is 6.91. The fraction of sp³-hybridized carbons (Fsp3) is 0.286. The Labute approximate surface area is 125 Å². The van der Waals surface area contributed by atoms with E-state index in [1.165, 1.54) is 16.8 Å². The number of hydrogen-bond donors (Lipinski definition) is 0. The molecule has 0 amide bonds. The zero-order chi connectivity index (χ0) is 13.7. The molecule has 5 heteroatoms. The average molecular weight is 339 g/mol. The molecule has 0 saturated carbocycles. The summed E-state index contributed by atoms with van der Waals surface area (Å²) in [4.78, 5) is 9.78. The number of nitrogens with zero attached hydrogens (tertiary/aromatic N) is 2. The lowest BCUT2D eigenvalue weighted by atomic mass is 10.1. The molecule has 0 N–H and O–H groups in total. The Morgan fingerprint density at radius 1 is 1.26 bits per heavy atom. The lowest BCUT2D eigenvalue weighted by molar-refractivity contribution is 0.396. The van der Waals surface area contributed by atoms with Gasteiger partial charge in [0.05, 0.1) is 7.11 Å². The van der Waals surface area contributed by atoms with Crippen LogP contribution in [0.3, 0.4) is 0 Å². The number of halogens is 1. The quantitative estimate of drug-likeness (QED) is 0.612. The molecule has 0 bridgehead atoms. The summed E-state index contributed by atoms with van der Waals surface area (Å²) in [5.41, 5.74) is 2.21. The summed E-state index contributed by atoms with van der Waals surface area (Å²) in [7, 11) is 1.61. The highest BCUT2D eigenvalue weighted by Crippen LogP contribution is 2.28. The molecule has 0 aliphatic rings. The Balaban J connectivity index is 2.08. The van der Waals surface area contributed by atoms with Gasteiger partial charge in [-0.05, 0) is 24.0 Å². The molecule has 3 nitrogen and oxygen atoms in total. The summed E-state index contributed by atoms with van der Waals surface area (Å²) >= 11 is 5.45. The predicted molar refractivity (Wildman–Crippen MR) is 82.2 cm³/mol. The van der Waals surface area contributed by atoms with Crippen LogP contribution in [0.15, 0.2) is 41.6 Å². The van der Waals surface area contributed by atoms with Crippen molar-refractivity contribution in [1.29, 1.82) is 0 Å². The van der Waals surface area contributed by atoms with Crippen LogP contribution in [0, 0.1) is 0 Å². The van der Waals surface area contributed by atoms with Crippen LogP contribution in [0.4, 0.5) is 0 Å². The largest absolute Gasteiger partial charge is 0.481 e. The molecule has 0 spiro atoms. The Hall–Kier alpha value is -1.07. The van der Waals surface area contributed by atoms with Crippen molar-refractivity contribution in [3.63, 3.8) is 0 Å². The number of ether oxygens (including phenoxy) is 1. The van der Waals surface area contributed by atoms with Crippen LogP contribution in [-0.4, -0.2) is 23.3 Å². The van der Waals surface area contributed by atoms with Gasteiger partial charge in [0.2, 0.25) is 5.88 Å². The minimum atomic E-state index is 0.239. The molecule has 0 saturated heterocycles. The summed E-state index contributed by atoms with van der Waals surface area (Å²) in [5.74, 6) is 0.599. The molecule has 1 aromatic heterocycles. The van der Waals surface area contributed by atoms with Gasteiger partial charge < -0.3 is 4.74 Å². The fourth-order valence-electron chi connectivity index (χ4n) is 1.71. The van der Waals surface area contributed by atoms with Crippen molar-refractivity contribution in [3.8, 4) is 5.88 Å². The lowest BCUT2D eigenvalue weighted by Gasteiger charge is -2.10. The van der Waals surface area contributed by atoms with Crippen LogP contribution >= 0.6 is 27.7 Å².